The fourth-order valence-corrected chi connectivity index (χ4v) is 5.73. The molecule has 1 N–H and O–H groups in total. The van der Waals surface area contributed by atoms with Crippen LogP contribution in [0.5, 0.6) is 0 Å². The molecule has 0 saturated carbocycles. The molecule has 0 aliphatic carbocycles. The monoisotopic (exact) mass is 529 g/mol. The maximum absolute atomic E-state index is 13.3. The zero-order valence-electron chi connectivity index (χ0n) is 21.2. The van der Waals surface area contributed by atoms with Crippen LogP contribution in [0.4, 0.5) is 17.1 Å². The van der Waals surface area contributed by atoms with E-state index in [0.29, 0.717) is 23.6 Å². The lowest BCUT2D eigenvalue weighted by atomic mass is 10.00. The van der Waals surface area contributed by atoms with Crippen LogP contribution in [0.3, 0.4) is 0 Å². The van der Waals surface area contributed by atoms with Gasteiger partial charge in [0.1, 0.15) is 0 Å². The number of carbonyl (C=O) groups is 2. The van der Waals surface area contributed by atoms with Crippen LogP contribution in [-0.4, -0.2) is 32.8 Å². The zero-order chi connectivity index (χ0) is 27.0. The summed E-state index contributed by atoms with van der Waals surface area (Å²) in [5.41, 5.74) is 4.28. The van der Waals surface area contributed by atoms with E-state index in [0.717, 1.165) is 16.7 Å². The lowest BCUT2D eigenvalue weighted by Crippen LogP contribution is -2.51. The minimum atomic E-state index is -3.72. The number of amides is 2. The summed E-state index contributed by atoms with van der Waals surface area (Å²) in [6.45, 7) is 5.62. The first kappa shape index (κ1) is 25.3. The molecule has 1 atom stereocenters. The van der Waals surface area contributed by atoms with Gasteiger partial charge in [-0.15, -0.1) is 0 Å². The molecular weight excluding hydrogens is 502 g/mol. The van der Waals surface area contributed by atoms with Crippen molar-refractivity contribution in [3.05, 3.63) is 96.4 Å². The predicted octanol–water partition coefficient (Wildman–Crippen LogP) is 5.46. The molecule has 3 aromatic carbocycles. The van der Waals surface area contributed by atoms with Gasteiger partial charge in [0.05, 0.1) is 28.6 Å². The number of furan rings is 1. The molecule has 0 bridgehead atoms. The molecule has 8 nitrogen and oxygen atoms in total. The normalized spacial score (nSPS) is 15.2. The second-order valence-corrected chi connectivity index (χ2v) is 11.0. The van der Waals surface area contributed by atoms with Gasteiger partial charge in [0.2, 0.25) is 5.91 Å². The summed E-state index contributed by atoms with van der Waals surface area (Å²) in [6.07, 6.45) is 1.45. The first-order valence-corrected chi connectivity index (χ1v) is 13.6. The Morgan fingerprint density at radius 2 is 1.61 bits per heavy atom. The van der Waals surface area contributed by atoms with Gasteiger partial charge in [0.25, 0.3) is 15.9 Å². The minimum absolute atomic E-state index is 0.109. The summed E-state index contributed by atoms with van der Waals surface area (Å²) in [5.74, 6) is -0.179. The number of benzene rings is 3. The quantitative estimate of drug-likeness (QED) is 0.370. The van der Waals surface area contributed by atoms with Crippen molar-refractivity contribution in [1.82, 2.24) is 0 Å². The van der Waals surface area contributed by atoms with Crippen molar-refractivity contribution in [3.63, 3.8) is 0 Å². The molecule has 0 radical (unpaired) electrons. The third kappa shape index (κ3) is 4.80. The van der Waals surface area contributed by atoms with Crippen LogP contribution < -0.4 is 14.5 Å². The summed E-state index contributed by atoms with van der Waals surface area (Å²) in [7, 11) is -3.72. The van der Waals surface area contributed by atoms with Crippen molar-refractivity contribution in [2.24, 2.45) is 0 Å². The number of carbonyl (C=O) groups excluding carboxylic acids is 2. The molecule has 38 heavy (non-hydrogen) atoms. The highest BCUT2D eigenvalue weighted by Crippen LogP contribution is 2.39. The number of hydrogen-bond donors (Lipinski definition) is 1. The van der Waals surface area contributed by atoms with Crippen molar-refractivity contribution < 1.29 is 22.4 Å². The maximum atomic E-state index is 13.3. The molecule has 1 aliphatic rings. The molecule has 1 aromatic heterocycles. The molecule has 0 spiro atoms. The molecule has 1 aliphatic heterocycles. The Balaban J connectivity index is 1.46. The van der Waals surface area contributed by atoms with E-state index in [1.165, 1.54) is 13.2 Å². The molecule has 0 fully saturated rings. The third-order valence-electron chi connectivity index (χ3n) is 6.53. The van der Waals surface area contributed by atoms with Gasteiger partial charge < -0.3 is 14.2 Å². The molecule has 0 saturated heterocycles. The molecule has 194 valence electrons. The smallest absolute Gasteiger partial charge is 0.294 e. The highest BCUT2D eigenvalue weighted by Gasteiger charge is 2.35. The van der Waals surface area contributed by atoms with Gasteiger partial charge in [-0.3, -0.25) is 14.3 Å². The summed E-state index contributed by atoms with van der Waals surface area (Å²) in [5, 5.41) is 0. The fraction of sp³-hybridized carbons (Fsp3) is 0.172. The van der Waals surface area contributed by atoms with Crippen LogP contribution in [0.25, 0.3) is 11.1 Å². The first-order valence-electron chi connectivity index (χ1n) is 12.1. The van der Waals surface area contributed by atoms with Crippen LogP contribution >= 0.6 is 0 Å². The maximum Gasteiger partial charge on any atom is 0.294 e. The predicted molar refractivity (Wildman–Crippen MR) is 147 cm³/mol. The standard InChI is InChI=1S/C29H27N3O5S/c1-19-6-13-25(14-7-19)38(35,36)30-24-11-8-22(9-12-24)23-10-15-26-27(17-23)31(18-20(2)32(26)21(3)33)29(34)28-5-4-16-37-28/h4-17,20,30H,18H2,1-3H3/t20-/m0/s1. The number of anilines is 3. The summed E-state index contributed by atoms with van der Waals surface area (Å²) in [6, 6.07) is 22.3. The number of hydrogen-bond acceptors (Lipinski definition) is 5. The largest absolute Gasteiger partial charge is 0.459 e. The van der Waals surface area contributed by atoms with Gasteiger partial charge >= 0.3 is 0 Å². The van der Waals surface area contributed by atoms with Crippen molar-refractivity contribution in [2.75, 3.05) is 21.1 Å². The Bertz CT molecular complexity index is 1600. The van der Waals surface area contributed by atoms with Crippen molar-refractivity contribution in [2.45, 2.75) is 31.7 Å². The number of fused-ring (bicyclic) bond motifs is 1. The van der Waals surface area contributed by atoms with Gasteiger partial charge in [-0.05, 0) is 73.5 Å². The van der Waals surface area contributed by atoms with Crippen LogP contribution in [0.1, 0.15) is 30.0 Å². The van der Waals surface area contributed by atoms with Crippen LogP contribution in [-0.2, 0) is 14.8 Å². The second kappa shape index (κ2) is 9.83. The van der Waals surface area contributed by atoms with Gasteiger partial charge in [-0.25, -0.2) is 8.42 Å². The summed E-state index contributed by atoms with van der Waals surface area (Å²) < 4.78 is 33.5. The first-order chi connectivity index (χ1) is 18.1. The molecule has 2 heterocycles. The van der Waals surface area contributed by atoms with E-state index in [2.05, 4.69) is 4.72 Å². The average molecular weight is 530 g/mol. The molecule has 5 rings (SSSR count). The Morgan fingerprint density at radius 1 is 0.921 bits per heavy atom. The van der Waals surface area contributed by atoms with Crippen molar-refractivity contribution in [1.29, 1.82) is 0 Å². The average Bonchev–Trinajstić information content (AvgIpc) is 3.43. The number of nitrogens with zero attached hydrogens (tertiary/aromatic N) is 2. The van der Waals surface area contributed by atoms with E-state index in [9.17, 15) is 18.0 Å². The highest BCUT2D eigenvalue weighted by molar-refractivity contribution is 7.92. The second-order valence-electron chi connectivity index (χ2n) is 9.33. The Labute approximate surface area is 221 Å². The Morgan fingerprint density at radius 3 is 2.24 bits per heavy atom. The number of sulfonamides is 1. The van der Waals surface area contributed by atoms with Gasteiger partial charge in [0.15, 0.2) is 5.76 Å². The van der Waals surface area contributed by atoms with Crippen LogP contribution in [0.2, 0.25) is 0 Å². The van der Waals surface area contributed by atoms with E-state index >= 15 is 0 Å². The number of rotatable bonds is 5. The molecule has 0 unspecified atom stereocenters. The number of aryl methyl sites for hydroxylation is 1. The van der Waals surface area contributed by atoms with E-state index < -0.39 is 10.0 Å². The summed E-state index contributed by atoms with van der Waals surface area (Å²) in [4.78, 5) is 29.2. The fourth-order valence-electron chi connectivity index (χ4n) is 4.67. The van der Waals surface area contributed by atoms with Crippen LogP contribution in [0.15, 0.2) is 94.4 Å². The zero-order valence-corrected chi connectivity index (χ0v) is 22.0. The van der Waals surface area contributed by atoms with Crippen molar-refractivity contribution in [3.8, 4) is 11.1 Å². The SMILES string of the molecule is CC(=O)N1c2ccc(-c3ccc(NS(=O)(=O)c4ccc(C)cc4)cc3)cc2N(C(=O)c2ccco2)C[C@@H]1C. The Kier molecular flexibility index (Phi) is 6.54. The van der Waals surface area contributed by atoms with Crippen molar-refractivity contribution >= 4 is 38.9 Å². The third-order valence-corrected chi connectivity index (χ3v) is 7.93. The van der Waals surface area contributed by atoms with E-state index in [4.69, 9.17) is 4.42 Å². The van der Waals surface area contributed by atoms with Gasteiger partial charge in [-0.1, -0.05) is 35.9 Å². The molecule has 4 aromatic rings. The van der Waals surface area contributed by atoms with E-state index in [-0.39, 0.29) is 28.5 Å². The van der Waals surface area contributed by atoms with E-state index in [1.807, 2.05) is 44.2 Å². The Hall–Kier alpha value is -4.37. The minimum Gasteiger partial charge on any atom is -0.459 e. The van der Waals surface area contributed by atoms with Crippen LogP contribution in [0, 0.1) is 6.92 Å². The topological polar surface area (TPSA) is 99.9 Å². The highest BCUT2D eigenvalue weighted by atomic mass is 32.2. The number of nitrogens with one attached hydrogen (secondary N) is 1. The molecule has 9 heteroatoms. The molecule has 2 amide bonds. The lowest BCUT2D eigenvalue weighted by molar-refractivity contribution is -0.117. The van der Waals surface area contributed by atoms with Gasteiger partial charge in [-0.2, -0.15) is 0 Å². The van der Waals surface area contributed by atoms with E-state index in [1.54, 1.807) is 58.3 Å². The molecular formula is C29H27N3O5S. The lowest BCUT2D eigenvalue weighted by Gasteiger charge is -2.40. The van der Waals surface area contributed by atoms with Gasteiger partial charge in [0, 0.05) is 19.2 Å². The summed E-state index contributed by atoms with van der Waals surface area (Å²) >= 11 is 0.